The van der Waals surface area contributed by atoms with Crippen molar-refractivity contribution in [1.82, 2.24) is 0 Å². The molecule has 0 aliphatic rings. The summed E-state index contributed by atoms with van der Waals surface area (Å²) >= 11 is 0. The number of hydrogen-bond acceptors (Lipinski definition) is 2. The number of rotatable bonds is 16. The second kappa shape index (κ2) is 16.9. The zero-order valence-electron chi connectivity index (χ0n) is 16.8. The van der Waals surface area contributed by atoms with E-state index in [0.29, 0.717) is 12.2 Å². The van der Waals surface area contributed by atoms with Crippen LogP contribution in [0.3, 0.4) is 0 Å². The summed E-state index contributed by atoms with van der Waals surface area (Å²) in [6, 6.07) is 9.22. The van der Waals surface area contributed by atoms with Gasteiger partial charge in [0, 0.05) is 0 Å². The van der Waals surface area contributed by atoms with E-state index in [1.54, 1.807) is 12.1 Å². The molecule has 0 atom stereocenters. The molecule has 0 aliphatic heterocycles. The van der Waals surface area contributed by atoms with Gasteiger partial charge in [0.25, 0.3) is 0 Å². The van der Waals surface area contributed by atoms with Gasteiger partial charge in [-0.1, -0.05) is 95.1 Å². The first-order chi connectivity index (χ1) is 12.8. The molecule has 0 saturated carbocycles. The van der Waals surface area contributed by atoms with Crippen LogP contribution < -0.4 is 0 Å². The molecule has 0 amide bonds. The smallest absolute Gasteiger partial charge is 0.338 e. The minimum Gasteiger partial charge on any atom is -0.462 e. The van der Waals surface area contributed by atoms with Gasteiger partial charge in [0.05, 0.1) is 12.2 Å². The molecule has 0 spiro atoms. The van der Waals surface area contributed by atoms with Crippen LogP contribution in [0, 0.1) is 0 Å². The van der Waals surface area contributed by atoms with Gasteiger partial charge in [-0.2, -0.15) is 0 Å². The number of unbranched alkanes of at least 4 members (excludes halogenated alkanes) is 11. The maximum atomic E-state index is 11.8. The number of carbonyl (C=O) groups excluding carboxylic acids is 1. The Hall–Kier alpha value is -1.57. The van der Waals surface area contributed by atoms with Crippen molar-refractivity contribution >= 4 is 5.97 Å². The molecule has 1 rings (SSSR count). The van der Waals surface area contributed by atoms with Crippen molar-refractivity contribution in [2.24, 2.45) is 0 Å². The molecule has 0 aromatic heterocycles. The summed E-state index contributed by atoms with van der Waals surface area (Å²) in [4.78, 5) is 11.8. The molecule has 0 bridgehead atoms. The Morgan fingerprint density at radius 3 is 1.92 bits per heavy atom. The third-order valence-electron chi connectivity index (χ3n) is 4.65. The van der Waals surface area contributed by atoms with E-state index in [2.05, 4.69) is 19.1 Å². The molecule has 0 fully saturated rings. The predicted molar refractivity (Wildman–Crippen MR) is 112 cm³/mol. The van der Waals surface area contributed by atoms with Crippen LogP contribution in [-0.2, 0) is 4.74 Å². The maximum absolute atomic E-state index is 11.8. The lowest BCUT2D eigenvalue weighted by molar-refractivity contribution is 0.0497. The lowest BCUT2D eigenvalue weighted by atomic mass is 10.1. The number of benzene rings is 1. The molecule has 0 aliphatic carbocycles. The van der Waals surface area contributed by atoms with Crippen LogP contribution in [0.25, 0.3) is 0 Å². The van der Waals surface area contributed by atoms with E-state index in [0.717, 1.165) is 12.8 Å². The first-order valence-electron chi connectivity index (χ1n) is 10.7. The third-order valence-corrected chi connectivity index (χ3v) is 4.65. The Morgan fingerprint density at radius 2 is 1.31 bits per heavy atom. The molecule has 1 aromatic carbocycles. The van der Waals surface area contributed by atoms with Crippen molar-refractivity contribution in [3.8, 4) is 0 Å². The Balaban J connectivity index is 1.80. The molecule has 1 aromatic rings. The second-order valence-electron chi connectivity index (χ2n) is 7.09. The molecule has 0 radical (unpaired) electrons. The van der Waals surface area contributed by atoms with E-state index in [1.807, 2.05) is 18.2 Å². The van der Waals surface area contributed by atoms with Crippen molar-refractivity contribution in [3.05, 3.63) is 48.0 Å². The van der Waals surface area contributed by atoms with Gasteiger partial charge >= 0.3 is 5.97 Å². The van der Waals surface area contributed by atoms with E-state index in [4.69, 9.17) is 4.74 Å². The van der Waals surface area contributed by atoms with E-state index in [-0.39, 0.29) is 5.97 Å². The summed E-state index contributed by atoms with van der Waals surface area (Å²) in [6.45, 7) is 2.79. The Bertz CT molecular complexity index is 464. The molecule has 0 unspecified atom stereocenters. The molecule has 0 saturated heterocycles. The van der Waals surface area contributed by atoms with Crippen LogP contribution in [-0.4, -0.2) is 12.6 Å². The van der Waals surface area contributed by atoms with Crippen LogP contribution >= 0.6 is 0 Å². The first-order valence-corrected chi connectivity index (χ1v) is 10.7. The summed E-state index contributed by atoms with van der Waals surface area (Å²) in [5, 5.41) is 0. The van der Waals surface area contributed by atoms with Gasteiger partial charge < -0.3 is 4.74 Å². The van der Waals surface area contributed by atoms with E-state index < -0.39 is 0 Å². The SMILES string of the molecule is CCCCC=CCCCCCCCCCCCOC(=O)c1ccccc1. The zero-order valence-corrected chi connectivity index (χ0v) is 16.8. The fourth-order valence-electron chi connectivity index (χ4n) is 2.98. The Labute approximate surface area is 161 Å². The summed E-state index contributed by atoms with van der Waals surface area (Å²) in [5.74, 6) is -0.203. The van der Waals surface area contributed by atoms with Crippen molar-refractivity contribution in [1.29, 1.82) is 0 Å². The highest BCUT2D eigenvalue weighted by Crippen LogP contribution is 2.11. The average Bonchev–Trinajstić information content (AvgIpc) is 2.68. The minimum absolute atomic E-state index is 0.203. The lowest BCUT2D eigenvalue weighted by Gasteiger charge is -2.05. The summed E-state index contributed by atoms with van der Waals surface area (Å²) < 4.78 is 5.30. The molecular formula is C24H38O2. The van der Waals surface area contributed by atoms with Gasteiger partial charge in [-0.3, -0.25) is 0 Å². The van der Waals surface area contributed by atoms with Crippen LogP contribution in [0.2, 0.25) is 0 Å². The quantitative estimate of drug-likeness (QED) is 0.174. The number of allylic oxidation sites excluding steroid dienone is 2. The molecular weight excluding hydrogens is 320 g/mol. The van der Waals surface area contributed by atoms with Gasteiger partial charge in [0.15, 0.2) is 0 Å². The average molecular weight is 359 g/mol. The molecule has 26 heavy (non-hydrogen) atoms. The highest BCUT2D eigenvalue weighted by Gasteiger charge is 2.04. The number of ether oxygens (including phenoxy) is 1. The van der Waals surface area contributed by atoms with E-state index in [1.165, 1.54) is 70.6 Å². The van der Waals surface area contributed by atoms with Gasteiger partial charge in [0.2, 0.25) is 0 Å². The molecule has 0 N–H and O–H groups in total. The van der Waals surface area contributed by atoms with Gasteiger partial charge in [0.1, 0.15) is 0 Å². The van der Waals surface area contributed by atoms with Crippen LogP contribution in [0.5, 0.6) is 0 Å². The largest absolute Gasteiger partial charge is 0.462 e. The fraction of sp³-hybridized carbons (Fsp3) is 0.625. The van der Waals surface area contributed by atoms with Crippen molar-refractivity contribution < 1.29 is 9.53 Å². The molecule has 2 nitrogen and oxygen atoms in total. The Kier molecular flexibility index (Phi) is 14.6. The van der Waals surface area contributed by atoms with E-state index in [9.17, 15) is 4.79 Å². The summed E-state index contributed by atoms with van der Waals surface area (Å²) in [7, 11) is 0. The zero-order chi connectivity index (χ0) is 18.7. The second-order valence-corrected chi connectivity index (χ2v) is 7.09. The number of esters is 1. The highest BCUT2D eigenvalue weighted by atomic mass is 16.5. The number of carbonyl (C=O) groups is 1. The third kappa shape index (κ3) is 12.7. The standard InChI is InChI=1S/C24H38O2/c1-2-3-4-5-6-7-8-9-10-11-12-13-14-15-19-22-26-24(25)23-20-17-16-18-21-23/h5-6,16-18,20-21H,2-4,7-15,19,22H2,1H3. The maximum Gasteiger partial charge on any atom is 0.338 e. The van der Waals surface area contributed by atoms with Crippen LogP contribution in [0.4, 0.5) is 0 Å². The summed E-state index contributed by atoms with van der Waals surface area (Å²) in [5.41, 5.74) is 0.643. The van der Waals surface area contributed by atoms with Gasteiger partial charge in [-0.25, -0.2) is 4.79 Å². The van der Waals surface area contributed by atoms with Gasteiger partial charge in [-0.15, -0.1) is 0 Å². The minimum atomic E-state index is -0.203. The normalized spacial score (nSPS) is 11.1. The highest BCUT2D eigenvalue weighted by molar-refractivity contribution is 5.89. The van der Waals surface area contributed by atoms with Crippen molar-refractivity contribution in [3.63, 3.8) is 0 Å². The van der Waals surface area contributed by atoms with Crippen molar-refractivity contribution in [2.75, 3.05) is 6.61 Å². The first kappa shape index (κ1) is 22.5. The van der Waals surface area contributed by atoms with Crippen molar-refractivity contribution in [2.45, 2.75) is 90.4 Å². The molecule has 2 heteroatoms. The number of hydrogen-bond donors (Lipinski definition) is 0. The van der Waals surface area contributed by atoms with E-state index >= 15 is 0 Å². The summed E-state index contributed by atoms with van der Waals surface area (Å²) in [6.07, 6.45) is 21.3. The fourth-order valence-corrected chi connectivity index (χ4v) is 2.98. The monoisotopic (exact) mass is 358 g/mol. The lowest BCUT2D eigenvalue weighted by Crippen LogP contribution is -2.06. The van der Waals surface area contributed by atoms with Crippen LogP contribution in [0.15, 0.2) is 42.5 Å². The van der Waals surface area contributed by atoms with Crippen LogP contribution in [0.1, 0.15) is 101 Å². The van der Waals surface area contributed by atoms with Gasteiger partial charge in [-0.05, 0) is 37.8 Å². The predicted octanol–water partition coefficient (Wildman–Crippen LogP) is 7.49. The Morgan fingerprint density at radius 1 is 0.769 bits per heavy atom. The topological polar surface area (TPSA) is 26.3 Å². The molecule has 146 valence electrons. The molecule has 0 heterocycles.